The van der Waals surface area contributed by atoms with Gasteiger partial charge in [0.05, 0.1) is 54.0 Å². The normalized spacial score (nSPS) is 16.7. The van der Waals surface area contributed by atoms with Gasteiger partial charge in [-0.2, -0.15) is 5.26 Å². The van der Waals surface area contributed by atoms with Gasteiger partial charge in [0.15, 0.2) is 0 Å². The number of fused-ring (bicyclic) bond motifs is 1. The fourth-order valence-corrected chi connectivity index (χ4v) is 6.26. The number of likely N-dealkylation sites (tertiary alicyclic amines) is 1. The van der Waals surface area contributed by atoms with Crippen molar-refractivity contribution in [2.75, 3.05) is 33.4 Å². The number of amides is 1. The van der Waals surface area contributed by atoms with Crippen LogP contribution in [-0.2, 0) is 29.2 Å². The zero-order valence-electron chi connectivity index (χ0n) is 29.2. The maximum atomic E-state index is 14.3. The van der Waals surface area contributed by atoms with Crippen molar-refractivity contribution in [1.82, 2.24) is 24.8 Å². The van der Waals surface area contributed by atoms with Crippen LogP contribution < -0.4 is 10.1 Å². The zero-order chi connectivity index (χ0) is 35.0. The number of carbonyl (C=O) groups is 1. The summed E-state index contributed by atoms with van der Waals surface area (Å²) in [6.07, 6.45) is 3.03. The maximum Gasteiger partial charge on any atom is 0.251 e. The first kappa shape index (κ1) is 35.9. The van der Waals surface area contributed by atoms with Gasteiger partial charge >= 0.3 is 0 Å². The highest BCUT2D eigenvalue weighted by Crippen LogP contribution is 2.30. The van der Waals surface area contributed by atoms with E-state index in [4.69, 9.17) is 29.4 Å². The van der Waals surface area contributed by atoms with E-state index < -0.39 is 11.4 Å². The number of nitrogens with zero attached hydrogens (tertiary/aromatic N) is 5. The molecule has 0 bridgehead atoms. The van der Waals surface area contributed by atoms with Gasteiger partial charge in [0.1, 0.15) is 18.2 Å². The summed E-state index contributed by atoms with van der Waals surface area (Å²) in [6, 6.07) is 17.7. The van der Waals surface area contributed by atoms with E-state index in [-0.39, 0.29) is 30.1 Å². The number of pyridine rings is 1. The molecule has 0 radical (unpaired) electrons. The first-order valence-corrected chi connectivity index (χ1v) is 17.1. The van der Waals surface area contributed by atoms with Gasteiger partial charge in [0.2, 0.25) is 5.88 Å². The van der Waals surface area contributed by atoms with Crippen LogP contribution in [0, 0.1) is 17.1 Å². The Hall–Kier alpha value is -4.37. The molecule has 2 aromatic heterocycles. The van der Waals surface area contributed by atoms with Gasteiger partial charge in [0.25, 0.3) is 5.91 Å². The lowest BCUT2D eigenvalue weighted by Crippen LogP contribution is -2.46. The predicted octanol–water partition coefficient (Wildman–Crippen LogP) is 6.37. The topological polar surface area (TPSA) is 115 Å². The van der Waals surface area contributed by atoms with E-state index in [0.29, 0.717) is 36.7 Å². The molecule has 2 aromatic carbocycles. The van der Waals surface area contributed by atoms with Crippen molar-refractivity contribution in [1.29, 1.82) is 5.26 Å². The van der Waals surface area contributed by atoms with Gasteiger partial charge in [-0.05, 0) is 82.6 Å². The van der Waals surface area contributed by atoms with Crippen LogP contribution in [-0.4, -0.2) is 70.4 Å². The molecule has 2 aliphatic rings. The number of aromatic nitrogens is 3. The molecule has 0 aliphatic carbocycles. The summed E-state index contributed by atoms with van der Waals surface area (Å²) in [5.41, 5.74) is 3.52. The van der Waals surface area contributed by atoms with Crippen LogP contribution in [0.3, 0.4) is 0 Å². The Kier molecular flexibility index (Phi) is 12.0. The van der Waals surface area contributed by atoms with Crippen LogP contribution >= 0.6 is 0 Å². The number of imidazole rings is 1. The molecule has 0 saturated carbocycles. The minimum absolute atomic E-state index is 0.0390. The standard InChI is InChI=1S/C36H41FN6O4.C2H6/c1-36(2,23-45-3)41-35(44)26-9-10-31-32(18-26)43(20-28-13-16-46-28)33(39-31)21-42-14-11-25(12-15-42)30-5-4-6-34(40-30)47-22-27-8-7-24(19-38)17-29(27)37;1-2/h4-10,17-18,25,28H,11-16,20-23H2,1-3H3,(H,41,44);1-2H3. The first-order chi connectivity index (χ1) is 23.7. The second kappa shape index (κ2) is 16.4. The number of hydrogen-bond acceptors (Lipinski definition) is 8. The maximum absolute atomic E-state index is 14.3. The van der Waals surface area contributed by atoms with Crippen LogP contribution in [0.4, 0.5) is 4.39 Å². The van der Waals surface area contributed by atoms with Crippen LogP contribution in [0.5, 0.6) is 5.88 Å². The fraction of sp³-hybridized carbons (Fsp3) is 0.474. The summed E-state index contributed by atoms with van der Waals surface area (Å²) in [5.74, 6) is 1.10. The second-order valence-corrected chi connectivity index (χ2v) is 13.1. The van der Waals surface area contributed by atoms with Crippen molar-refractivity contribution in [2.24, 2.45) is 0 Å². The minimum atomic E-state index is -0.493. The summed E-state index contributed by atoms with van der Waals surface area (Å²) in [7, 11) is 1.63. The smallest absolute Gasteiger partial charge is 0.251 e. The van der Waals surface area contributed by atoms with E-state index in [0.717, 1.165) is 61.5 Å². The summed E-state index contributed by atoms with van der Waals surface area (Å²) >= 11 is 0. The SMILES string of the molecule is CC.COCC(C)(C)NC(=O)c1ccc2nc(CN3CCC(c4cccc(OCc5ccc(C#N)cc5F)n4)CC3)n(CC3CCO3)c2c1. The minimum Gasteiger partial charge on any atom is -0.473 e. The lowest BCUT2D eigenvalue weighted by molar-refractivity contribution is -0.0592. The zero-order valence-corrected chi connectivity index (χ0v) is 29.2. The number of piperidine rings is 1. The summed E-state index contributed by atoms with van der Waals surface area (Å²) < 4.78 is 33.4. The molecule has 6 rings (SSSR count). The van der Waals surface area contributed by atoms with Crippen molar-refractivity contribution in [3.8, 4) is 11.9 Å². The highest BCUT2D eigenvalue weighted by Gasteiger charge is 2.27. The van der Waals surface area contributed by atoms with Crippen molar-refractivity contribution in [3.05, 3.63) is 88.6 Å². The number of halogens is 1. The van der Waals surface area contributed by atoms with E-state index in [1.165, 1.54) is 6.07 Å². The molecular weight excluding hydrogens is 623 g/mol. The molecule has 49 heavy (non-hydrogen) atoms. The van der Waals surface area contributed by atoms with Crippen LogP contribution in [0.1, 0.15) is 85.9 Å². The monoisotopic (exact) mass is 670 g/mol. The van der Waals surface area contributed by atoms with Crippen LogP contribution in [0.2, 0.25) is 0 Å². The van der Waals surface area contributed by atoms with E-state index >= 15 is 0 Å². The molecule has 4 heterocycles. The van der Waals surface area contributed by atoms with Crippen molar-refractivity contribution in [2.45, 2.75) is 84.2 Å². The van der Waals surface area contributed by atoms with E-state index in [1.54, 1.807) is 25.3 Å². The Morgan fingerprint density at radius 3 is 2.55 bits per heavy atom. The molecule has 10 nitrogen and oxygen atoms in total. The highest BCUT2D eigenvalue weighted by molar-refractivity contribution is 5.97. The van der Waals surface area contributed by atoms with Gasteiger partial charge in [-0.25, -0.2) is 14.4 Å². The lowest BCUT2D eigenvalue weighted by Gasteiger charge is -2.32. The van der Waals surface area contributed by atoms with E-state index in [9.17, 15) is 9.18 Å². The van der Waals surface area contributed by atoms with Gasteiger partial charge < -0.3 is 24.1 Å². The van der Waals surface area contributed by atoms with Crippen LogP contribution in [0.25, 0.3) is 11.0 Å². The number of nitriles is 1. The molecule has 1 amide bonds. The fourth-order valence-electron chi connectivity index (χ4n) is 6.26. The predicted molar refractivity (Wildman–Crippen MR) is 186 cm³/mol. The average molecular weight is 671 g/mol. The number of rotatable bonds is 12. The molecule has 1 unspecified atom stereocenters. The number of methoxy groups -OCH3 is 1. The number of carbonyl (C=O) groups excluding carboxylic acids is 1. The number of nitrogens with one attached hydrogen (secondary N) is 1. The van der Waals surface area contributed by atoms with Crippen molar-refractivity contribution in [3.63, 3.8) is 0 Å². The number of hydrogen-bond donors (Lipinski definition) is 1. The highest BCUT2D eigenvalue weighted by atomic mass is 19.1. The Morgan fingerprint density at radius 1 is 1.10 bits per heavy atom. The molecule has 0 spiro atoms. The van der Waals surface area contributed by atoms with E-state index in [1.807, 2.05) is 64.1 Å². The Morgan fingerprint density at radius 2 is 1.88 bits per heavy atom. The van der Waals surface area contributed by atoms with E-state index in [2.05, 4.69) is 14.8 Å². The molecule has 1 N–H and O–H groups in total. The molecule has 11 heteroatoms. The summed E-state index contributed by atoms with van der Waals surface area (Å²) in [5, 5.41) is 12.0. The molecule has 4 aromatic rings. The third-order valence-corrected chi connectivity index (χ3v) is 8.90. The third kappa shape index (κ3) is 9.01. The second-order valence-electron chi connectivity index (χ2n) is 13.1. The quantitative estimate of drug-likeness (QED) is 0.185. The molecule has 260 valence electrons. The molecule has 2 saturated heterocycles. The Balaban J connectivity index is 0.00000230. The largest absolute Gasteiger partial charge is 0.473 e. The van der Waals surface area contributed by atoms with Crippen molar-refractivity contribution < 1.29 is 23.4 Å². The van der Waals surface area contributed by atoms with Gasteiger partial charge in [-0.3, -0.25) is 9.69 Å². The van der Waals surface area contributed by atoms with Crippen molar-refractivity contribution >= 4 is 16.9 Å². The summed E-state index contributed by atoms with van der Waals surface area (Å²) in [4.78, 5) is 25.3. The molecule has 2 fully saturated rings. The Bertz CT molecular complexity index is 1770. The lowest BCUT2D eigenvalue weighted by atomic mass is 9.93. The first-order valence-electron chi connectivity index (χ1n) is 17.1. The molecule has 1 atom stereocenters. The summed E-state index contributed by atoms with van der Waals surface area (Å²) in [6.45, 7) is 12.3. The van der Waals surface area contributed by atoms with Crippen LogP contribution in [0.15, 0.2) is 54.6 Å². The van der Waals surface area contributed by atoms with Gasteiger partial charge in [0, 0.05) is 42.5 Å². The number of ether oxygens (including phenoxy) is 3. The molecule has 2 aliphatic heterocycles. The van der Waals surface area contributed by atoms with Gasteiger partial charge in [-0.1, -0.05) is 26.0 Å². The number of benzene rings is 2. The average Bonchev–Trinajstić information content (AvgIpc) is 3.42. The van der Waals surface area contributed by atoms with Gasteiger partial charge in [-0.15, -0.1) is 0 Å². The third-order valence-electron chi connectivity index (χ3n) is 8.90. The Labute approximate surface area is 288 Å². The molecular formula is C38H47FN6O4.